The quantitative estimate of drug-likeness (QED) is 0.570. The van der Waals surface area contributed by atoms with Gasteiger partial charge in [0.1, 0.15) is 0 Å². The molecule has 4 N–H and O–H groups in total. The summed E-state index contributed by atoms with van der Waals surface area (Å²) >= 11 is 0. The van der Waals surface area contributed by atoms with E-state index in [4.69, 9.17) is 5.11 Å². The number of sulfonamides is 1. The molecule has 0 fully saturated rings. The number of hydrogen-bond donors (Lipinski definition) is 4. The number of nitrogens with one attached hydrogen (secondary N) is 3. The summed E-state index contributed by atoms with van der Waals surface area (Å²) in [4.78, 5) is 25.1. The zero-order valence-corrected chi connectivity index (χ0v) is 14.8. The van der Waals surface area contributed by atoms with Crippen LogP contribution >= 0.6 is 0 Å². The lowest BCUT2D eigenvalue weighted by molar-refractivity contribution is 0.0696. The van der Waals surface area contributed by atoms with Crippen molar-refractivity contribution < 1.29 is 23.1 Å². The molecule has 1 aromatic heterocycles. The Bertz CT molecular complexity index is 981. The number of aromatic nitrogens is 2. The number of aromatic carboxylic acids is 1. The van der Waals surface area contributed by atoms with E-state index in [-0.39, 0.29) is 16.2 Å². The van der Waals surface area contributed by atoms with Crippen molar-refractivity contribution >= 4 is 21.9 Å². The Labute approximate surface area is 149 Å². The molecule has 1 aliphatic carbocycles. The minimum atomic E-state index is -4.14. The first-order valence-corrected chi connectivity index (χ1v) is 9.50. The first-order chi connectivity index (χ1) is 12.3. The van der Waals surface area contributed by atoms with E-state index in [0.29, 0.717) is 12.0 Å². The second-order valence-electron chi connectivity index (χ2n) is 6.08. The maximum atomic E-state index is 12.4. The van der Waals surface area contributed by atoms with Gasteiger partial charge in [-0.1, -0.05) is 6.07 Å². The summed E-state index contributed by atoms with van der Waals surface area (Å²) < 4.78 is 24.9. The predicted molar refractivity (Wildman–Crippen MR) is 91.2 cm³/mol. The maximum Gasteiger partial charge on any atom is 0.335 e. The number of carbonyl (C=O) groups is 2. The van der Waals surface area contributed by atoms with Crippen LogP contribution in [0.5, 0.6) is 0 Å². The van der Waals surface area contributed by atoms with Gasteiger partial charge in [-0.25, -0.2) is 13.2 Å². The van der Waals surface area contributed by atoms with Crippen LogP contribution in [0, 0.1) is 6.92 Å². The molecule has 0 saturated carbocycles. The number of hydrogen-bond acceptors (Lipinski definition) is 5. The summed E-state index contributed by atoms with van der Waals surface area (Å²) in [5, 5.41) is 15.8. The third-order valence-electron chi connectivity index (χ3n) is 4.29. The van der Waals surface area contributed by atoms with E-state index in [9.17, 15) is 18.0 Å². The lowest BCUT2D eigenvalue weighted by Gasteiger charge is -2.12. The van der Waals surface area contributed by atoms with E-state index >= 15 is 0 Å². The van der Waals surface area contributed by atoms with Crippen LogP contribution in [0.15, 0.2) is 23.1 Å². The van der Waals surface area contributed by atoms with Gasteiger partial charge >= 0.3 is 5.97 Å². The van der Waals surface area contributed by atoms with Crippen LogP contribution in [-0.4, -0.2) is 35.6 Å². The molecule has 0 atom stereocenters. The van der Waals surface area contributed by atoms with Gasteiger partial charge in [0.2, 0.25) is 0 Å². The van der Waals surface area contributed by atoms with Crippen molar-refractivity contribution in [2.24, 2.45) is 0 Å². The van der Waals surface area contributed by atoms with Gasteiger partial charge in [0.05, 0.1) is 10.5 Å². The van der Waals surface area contributed by atoms with Crippen molar-refractivity contribution in [1.82, 2.24) is 20.5 Å². The minimum Gasteiger partial charge on any atom is -0.478 e. The Morgan fingerprint density at radius 2 is 1.96 bits per heavy atom. The second kappa shape index (κ2) is 6.89. The zero-order valence-electron chi connectivity index (χ0n) is 14.0. The van der Waals surface area contributed by atoms with Gasteiger partial charge in [0.15, 0.2) is 5.69 Å². The third kappa shape index (κ3) is 3.46. The van der Waals surface area contributed by atoms with Gasteiger partial charge in [-0.3, -0.25) is 15.3 Å². The van der Waals surface area contributed by atoms with E-state index in [1.54, 1.807) is 0 Å². The van der Waals surface area contributed by atoms with Gasteiger partial charge < -0.3 is 5.11 Å². The lowest BCUT2D eigenvalue weighted by atomic mass is 9.96. The number of benzene rings is 1. The largest absolute Gasteiger partial charge is 0.478 e. The van der Waals surface area contributed by atoms with Crippen LogP contribution in [0.4, 0.5) is 0 Å². The SMILES string of the molecule is Cc1ccc(C(=O)O)cc1S(=O)(=O)NNC(=O)c1n[nH]c2c1CCCC2. The van der Waals surface area contributed by atoms with E-state index in [1.807, 2.05) is 4.83 Å². The molecule has 3 rings (SSSR count). The summed E-state index contributed by atoms with van der Waals surface area (Å²) in [6.07, 6.45) is 3.48. The highest BCUT2D eigenvalue weighted by Crippen LogP contribution is 2.22. The number of carboxylic acid groups (broad SMARTS) is 1. The Kier molecular flexibility index (Phi) is 4.79. The van der Waals surface area contributed by atoms with Crippen molar-refractivity contribution in [2.45, 2.75) is 37.5 Å². The molecule has 9 nitrogen and oxygen atoms in total. The molecule has 1 amide bonds. The summed E-state index contributed by atoms with van der Waals surface area (Å²) in [5.41, 5.74) is 4.20. The standard InChI is InChI=1S/C16H18N4O5S/c1-9-6-7-10(16(22)23)8-13(9)26(24,25)20-19-15(21)14-11-4-2-3-5-12(11)17-18-14/h6-8,20H,2-5H2,1H3,(H,17,18)(H,19,21)(H,22,23). The Hall–Kier alpha value is -2.72. The Morgan fingerprint density at radius 1 is 1.23 bits per heavy atom. The average molecular weight is 378 g/mol. The second-order valence-corrected chi connectivity index (χ2v) is 7.73. The first-order valence-electron chi connectivity index (χ1n) is 8.02. The lowest BCUT2D eigenvalue weighted by Crippen LogP contribution is -2.42. The highest BCUT2D eigenvalue weighted by Gasteiger charge is 2.24. The van der Waals surface area contributed by atoms with Crippen molar-refractivity contribution in [3.05, 3.63) is 46.3 Å². The monoisotopic (exact) mass is 378 g/mol. The number of nitrogens with zero attached hydrogens (tertiary/aromatic N) is 1. The van der Waals surface area contributed by atoms with Crippen LogP contribution in [0.3, 0.4) is 0 Å². The van der Waals surface area contributed by atoms with Crippen molar-refractivity contribution in [3.63, 3.8) is 0 Å². The fourth-order valence-corrected chi connectivity index (χ4v) is 4.03. The summed E-state index contributed by atoms with van der Waals surface area (Å²) in [7, 11) is -4.14. The fourth-order valence-electron chi connectivity index (χ4n) is 2.92. The van der Waals surface area contributed by atoms with E-state index in [2.05, 4.69) is 15.6 Å². The molecular weight excluding hydrogens is 360 g/mol. The number of carbonyl (C=O) groups excluding carboxylic acids is 1. The highest BCUT2D eigenvalue weighted by atomic mass is 32.2. The number of fused-ring (bicyclic) bond motifs is 1. The molecule has 26 heavy (non-hydrogen) atoms. The third-order valence-corrected chi connectivity index (χ3v) is 5.68. The Morgan fingerprint density at radius 3 is 2.69 bits per heavy atom. The normalized spacial score (nSPS) is 13.9. The van der Waals surface area contributed by atoms with E-state index < -0.39 is 21.9 Å². The minimum absolute atomic E-state index is 0.163. The number of rotatable bonds is 5. The number of hydrazine groups is 1. The topological polar surface area (TPSA) is 141 Å². The van der Waals surface area contributed by atoms with Crippen LogP contribution in [-0.2, 0) is 22.9 Å². The maximum absolute atomic E-state index is 12.4. The number of H-pyrrole nitrogens is 1. The van der Waals surface area contributed by atoms with Crippen molar-refractivity contribution in [2.75, 3.05) is 0 Å². The summed E-state index contributed by atoms with van der Waals surface area (Å²) in [6, 6.07) is 3.75. The fraction of sp³-hybridized carbons (Fsp3) is 0.312. The molecular formula is C16H18N4O5S. The number of aryl methyl sites for hydroxylation is 2. The molecule has 0 saturated heterocycles. The number of carboxylic acids is 1. The van der Waals surface area contributed by atoms with Gasteiger partial charge in [-0.15, -0.1) is 4.83 Å². The molecule has 1 heterocycles. The van der Waals surface area contributed by atoms with Gasteiger partial charge in [-0.2, -0.15) is 5.10 Å². The van der Waals surface area contributed by atoms with Crippen LogP contribution in [0.1, 0.15) is 50.5 Å². The predicted octanol–water partition coefficient (Wildman–Crippen LogP) is 0.918. The smallest absolute Gasteiger partial charge is 0.335 e. The molecule has 2 aromatic rings. The van der Waals surface area contributed by atoms with E-state index in [1.165, 1.54) is 19.1 Å². The average Bonchev–Trinajstić information content (AvgIpc) is 3.04. The van der Waals surface area contributed by atoms with Crippen LogP contribution in [0.2, 0.25) is 0 Å². The van der Waals surface area contributed by atoms with E-state index in [0.717, 1.165) is 36.6 Å². The molecule has 1 aliphatic rings. The molecule has 0 bridgehead atoms. The molecule has 0 spiro atoms. The van der Waals surface area contributed by atoms with Crippen LogP contribution < -0.4 is 10.3 Å². The van der Waals surface area contributed by atoms with Crippen molar-refractivity contribution in [1.29, 1.82) is 0 Å². The molecule has 1 aromatic carbocycles. The van der Waals surface area contributed by atoms with Crippen molar-refractivity contribution in [3.8, 4) is 0 Å². The molecule has 0 aliphatic heterocycles. The zero-order chi connectivity index (χ0) is 18.9. The molecule has 10 heteroatoms. The Balaban J connectivity index is 1.78. The molecule has 138 valence electrons. The van der Waals surface area contributed by atoms with Crippen LogP contribution in [0.25, 0.3) is 0 Å². The summed E-state index contributed by atoms with van der Waals surface area (Å²) in [6.45, 7) is 1.53. The number of aromatic amines is 1. The highest BCUT2D eigenvalue weighted by molar-refractivity contribution is 7.89. The van der Waals surface area contributed by atoms with Gasteiger partial charge in [0.25, 0.3) is 15.9 Å². The summed E-state index contributed by atoms with van der Waals surface area (Å²) in [5.74, 6) is -1.91. The van der Waals surface area contributed by atoms with Gasteiger partial charge in [0, 0.05) is 11.3 Å². The number of amides is 1. The first kappa shape index (κ1) is 18.1. The van der Waals surface area contributed by atoms with Gasteiger partial charge in [-0.05, 0) is 50.3 Å². The molecule has 0 unspecified atom stereocenters. The molecule has 0 radical (unpaired) electrons.